The van der Waals surface area contributed by atoms with E-state index in [1.54, 1.807) is 4.67 Å². The van der Waals surface area contributed by atoms with Crippen LogP contribution in [0.25, 0.3) is 0 Å². The maximum atomic E-state index is 13.4. The molecule has 5 nitrogen and oxygen atoms in total. The van der Waals surface area contributed by atoms with Crippen molar-refractivity contribution in [1.29, 1.82) is 0 Å². The summed E-state index contributed by atoms with van der Waals surface area (Å²) in [6.45, 7) is 17.7. The third-order valence-electron chi connectivity index (χ3n) is 5.62. The molecule has 1 fully saturated rings. The quantitative estimate of drug-likeness (QED) is 0.272. The molecule has 7 heteroatoms. The van der Waals surface area contributed by atoms with Gasteiger partial charge >= 0.3 is 7.75 Å². The lowest BCUT2D eigenvalue weighted by Gasteiger charge is -2.38. The van der Waals surface area contributed by atoms with Crippen molar-refractivity contribution in [2.24, 2.45) is 5.41 Å². The van der Waals surface area contributed by atoms with Crippen LogP contribution in [0.15, 0.2) is 42.5 Å². The minimum absolute atomic E-state index is 0.126. The highest BCUT2D eigenvalue weighted by Gasteiger charge is 2.41. The summed E-state index contributed by atoms with van der Waals surface area (Å²) in [5, 5.41) is 0.182. The molecule has 164 valence electrons. The summed E-state index contributed by atoms with van der Waals surface area (Å²) in [4.78, 5) is 0. The van der Waals surface area contributed by atoms with E-state index >= 15 is 0 Å². The molecule has 0 radical (unpaired) electrons. The Morgan fingerprint density at radius 3 is 2.28 bits per heavy atom. The van der Waals surface area contributed by atoms with Crippen molar-refractivity contribution < 1.29 is 18.0 Å². The number of rotatable bonds is 8. The van der Waals surface area contributed by atoms with Crippen molar-refractivity contribution in [3.63, 3.8) is 0 Å². The average molecular weight is 440 g/mol. The second-order valence-corrected chi connectivity index (χ2v) is 16.9. The van der Waals surface area contributed by atoms with Crippen LogP contribution >= 0.6 is 7.75 Å². The Labute approximate surface area is 178 Å². The molecule has 1 aliphatic rings. The van der Waals surface area contributed by atoms with Gasteiger partial charge in [-0.25, -0.2) is 9.24 Å². The summed E-state index contributed by atoms with van der Waals surface area (Å²) in [5.74, 6) is 0. The van der Waals surface area contributed by atoms with Crippen molar-refractivity contribution in [2.75, 3.05) is 26.4 Å². The Morgan fingerprint density at radius 1 is 1.14 bits per heavy atom. The van der Waals surface area contributed by atoms with Crippen molar-refractivity contribution in [3.8, 4) is 0 Å². The van der Waals surface area contributed by atoms with E-state index in [4.69, 9.17) is 13.5 Å². The van der Waals surface area contributed by atoms with Crippen LogP contribution in [0.4, 0.5) is 0 Å². The molecule has 0 bridgehead atoms. The van der Waals surface area contributed by atoms with Gasteiger partial charge in [-0.15, -0.1) is 0 Å². The molecule has 0 N–H and O–H groups in total. The van der Waals surface area contributed by atoms with Crippen molar-refractivity contribution in [2.45, 2.75) is 59.3 Å². The predicted molar refractivity (Wildman–Crippen MR) is 122 cm³/mol. The Bertz CT molecular complexity index is 714. The van der Waals surface area contributed by atoms with Crippen LogP contribution in [0.5, 0.6) is 0 Å². The SMILES string of the molecule is CC1(C)COP(=O)(N(C/C=C/CO[Si](C)(C)C(C)(C)C)Cc2ccccc2)OC1. The first-order chi connectivity index (χ1) is 13.3. The van der Waals surface area contributed by atoms with E-state index in [0.29, 0.717) is 32.9 Å². The van der Waals surface area contributed by atoms with Gasteiger partial charge in [0.15, 0.2) is 8.32 Å². The molecule has 2 rings (SSSR count). The maximum Gasteiger partial charge on any atom is 0.408 e. The highest BCUT2D eigenvalue weighted by Crippen LogP contribution is 2.57. The highest BCUT2D eigenvalue weighted by atomic mass is 31.2. The molecule has 0 amide bonds. The van der Waals surface area contributed by atoms with E-state index in [1.807, 2.05) is 42.5 Å². The van der Waals surface area contributed by atoms with Gasteiger partial charge in [0.1, 0.15) is 0 Å². The van der Waals surface area contributed by atoms with E-state index in [0.717, 1.165) is 5.56 Å². The van der Waals surface area contributed by atoms with E-state index in [1.165, 1.54) is 0 Å². The minimum atomic E-state index is -3.33. The van der Waals surface area contributed by atoms with Crippen LogP contribution in [0.1, 0.15) is 40.2 Å². The average Bonchev–Trinajstić information content (AvgIpc) is 2.63. The first kappa shape index (κ1) is 24.5. The summed E-state index contributed by atoms with van der Waals surface area (Å²) in [5.41, 5.74) is 0.949. The zero-order chi connectivity index (χ0) is 21.8. The molecule has 0 atom stereocenters. The summed E-state index contributed by atoms with van der Waals surface area (Å²) in [6.07, 6.45) is 4.01. The number of benzene rings is 1. The Morgan fingerprint density at radius 2 is 1.72 bits per heavy atom. The summed E-state index contributed by atoms with van der Waals surface area (Å²) < 4.78 is 32.9. The normalized spacial score (nSPS) is 19.7. The van der Waals surface area contributed by atoms with Crippen LogP contribution in [0.3, 0.4) is 0 Å². The minimum Gasteiger partial charge on any atom is -0.413 e. The van der Waals surface area contributed by atoms with Gasteiger partial charge in [0.25, 0.3) is 0 Å². The van der Waals surface area contributed by atoms with Gasteiger partial charge in [-0.1, -0.05) is 77.1 Å². The van der Waals surface area contributed by atoms with E-state index in [2.05, 4.69) is 47.7 Å². The summed E-state index contributed by atoms with van der Waals surface area (Å²) in [6, 6.07) is 9.99. The maximum absolute atomic E-state index is 13.4. The second kappa shape index (κ2) is 9.59. The molecule has 1 aromatic rings. The largest absolute Gasteiger partial charge is 0.413 e. The monoisotopic (exact) mass is 439 g/mol. The molecule has 0 unspecified atom stereocenters. The van der Waals surface area contributed by atoms with Gasteiger partial charge in [0, 0.05) is 18.5 Å². The van der Waals surface area contributed by atoms with Gasteiger partial charge in [0.2, 0.25) is 0 Å². The van der Waals surface area contributed by atoms with Crippen LogP contribution in [-0.4, -0.2) is 39.4 Å². The molecule has 29 heavy (non-hydrogen) atoms. The van der Waals surface area contributed by atoms with Crippen LogP contribution in [-0.2, 0) is 24.6 Å². The molecule has 0 saturated carbocycles. The van der Waals surface area contributed by atoms with Gasteiger partial charge in [-0.05, 0) is 23.7 Å². The lowest BCUT2D eigenvalue weighted by molar-refractivity contribution is 0.0212. The van der Waals surface area contributed by atoms with E-state index in [9.17, 15) is 4.57 Å². The molecule has 1 heterocycles. The van der Waals surface area contributed by atoms with Crippen LogP contribution in [0.2, 0.25) is 18.1 Å². The van der Waals surface area contributed by atoms with Gasteiger partial charge < -0.3 is 4.43 Å². The first-order valence-corrected chi connectivity index (χ1v) is 14.7. The van der Waals surface area contributed by atoms with Crippen molar-refractivity contribution in [1.82, 2.24) is 4.67 Å². The van der Waals surface area contributed by atoms with Gasteiger partial charge in [-0.3, -0.25) is 9.05 Å². The molecule has 1 aliphatic heterocycles. The van der Waals surface area contributed by atoms with Crippen LogP contribution < -0.4 is 0 Å². The Balaban J connectivity index is 2.03. The molecular formula is C22H38NO4PSi. The first-order valence-electron chi connectivity index (χ1n) is 10.3. The lowest BCUT2D eigenvalue weighted by Crippen LogP contribution is -2.40. The predicted octanol–water partition coefficient (Wildman–Crippen LogP) is 6.25. The molecule has 0 spiro atoms. The van der Waals surface area contributed by atoms with Crippen molar-refractivity contribution in [3.05, 3.63) is 48.0 Å². The number of hydrogen-bond donors (Lipinski definition) is 0. The lowest BCUT2D eigenvalue weighted by atomic mass is 9.97. The fourth-order valence-corrected chi connectivity index (χ4v) is 5.54. The second-order valence-electron chi connectivity index (χ2n) is 10.1. The highest BCUT2D eigenvalue weighted by molar-refractivity contribution is 7.51. The van der Waals surface area contributed by atoms with Gasteiger partial charge in [-0.2, -0.15) is 0 Å². The van der Waals surface area contributed by atoms with E-state index < -0.39 is 16.1 Å². The summed E-state index contributed by atoms with van der Waals surface area (Å²) in [7, 11) is -5.10. The molecule has 0 aromatic heterocycles. The zero-order valence-corrected chi connectivity index (χ0v) is 21.0. The standard InChI is InChI=1S/C22H38NO4PSi/c1-21(2,3)29(6,7)27-16-12-11-15-23(17-20-13-9-8-10-14-20)28(24)25-18-22(4,5)19-26-28/h8-14H,15-19H2,1-7H3/b12-11+. The molecule has 1 saturated heterocycles. The molecule has 1 aromatic carbocycles. The summed E-state index contributed by atoms with van der Waals surface area (Å²) >= 11 is 0. The third-order valence-corrected chi connectivity index (χ3v) is 12.0. The smallest absolute Gasteiger partial charge is 0.408 e. The molecular weight excluding hydrogens is 401 g/mol. The fourth-order valence-electron chi connectivity index (χ4n) is 2.54. The van der Waals surface area contributed by atoms with Gasteiger partial charge in [0.05, 0.1) is 19.8 Å². The molecule has 0 aliphatic carbocycles. The third kappa shape index (κ3) is 7.16. The zero-order valence-electron chi connectivity index (χ0n) is 19.1. The number of nitrogens with zero attached hydrogens (tertiary/aromatic N) is 1. The fraction of sp³-hybridized carbons (Fsp3) is 0.636. The van der Waals surface area contributed by atoms with Crippen LogP contribution in [0, 0.1) is 5.41 Å². The number of hydrogen-bond acceptors (Lipinski definition) is 4. The Kier molecular flexibility index (Phi) is 8.11. The Hall–Kier alpha value is -0.753. The van der Waals surface area contributed by atoms with E-state index in [-0.39, 0.29) is 10.5 Å². The van der Waals surface area contributed by atoms with Crippen molar-refractivity contribution >= 4 is 16.1 Å². The topological polar surface area (TPSA) is 48.0 Å².